The summed E-state index contributed by atoms with van der Waals surface area (Å²) in [6.07, 6.45) is 1.84. The van der Waals surface area contributed by atoms with Crippen LogP contribution in [-0.2, 0) is 4.74 Å². The maximum absolute atomic E-state index is 12.1. The molecule has 2 fully saturated rings. The molecule has 180 valence electrons. The summed E-state index contributed by atoms with van der Waals surface area (Å²) in [5.41, 5.74) is -2.27. The van der Waals surface area contributed by atoms with Gasteiger partial charge in [-0.05, 0) is 54.1 Å². The molecule has 1 amide bonds. The van der Waals surface area contributed by atoms with Crippen molar-refractivity contribution in [3.63, 3.8) is 0 Å². The van der Waals surface area contributed by atoms with Gasteiger partial charge in [0.1, 0.15) is 24.4 Å². The number of hydrogen-bond acceptors (Lipinski definition) is 6. The topological polar surface area (TPSA) is 119 Å². The second-order valence-corrected chi connectivity index (χ2v) is 11.2. The fourth-order valence-corrected chi connectivity index (χ4v) is 7.29. The van der Waals surface area contributed by atoms with Crippen LogP contribution >= 0.6 is 0 Å². The molecule has 1 spiro atoms. The van der Waals surface area contributed by atoms with E-state index in [0.717, 1.165) is 19.3 Å². The van der Waals surface area contributed by atoms with Gasteiger partial charge in [-0.3, -0.25) is 0 Å². The molecular formula is C25H39NO6. The third-order valence-corrected chi connectivity index (χ3v) is 9.18. The van der Waals surface area contributed by atoms with Crippen molar-refractivity contribution in [3.05, 3.63) is 23.3 Å². The minimum Gasteiger partial charge on any atom is -0.445 e. The first-order chi connectivity index (χ1) is 14.9. The molecule has 4 rings (SSSR count). The minimum absolute atomic E-state index is 0.0326. The molecule has 0 saturated heterocycles. The van der Waals surface area contributed by atoms with E-state index in [0.29, 0.717) is 23.6 Å². The monoisotopic (exact) mass is 449 g/mol. The van der Waals surface area contributed by atoms with Gasteiger partial charge in [-0.1, -0.05) is 46.3 Å². The van der Waals surface area contributed by atoms with Crippen molar-refractivity contribution in [1.82, 2.24) is 5.32 Å². The number of ether oxygens (including phenoxy) is 1. The zero-order valence-corrected chi connectivity index (χ0v) is 19.8. The minimum atomic E-state index is -2.00. The zero-order chi connectivity index (χ0) is 23.6. The maximum Gasteiger partial charge on any atom is 0.407 e. The predicted molar refractivity (Wildman–Crippen MR) is 120 cm³/mol. The molecule has 0 aliphatic heterocycles. The summed E-state index contributed by atoms with van der Waals surface area (Å²) in [5.74, 6) is 0.0844. The lowest BCUT2D eigenvalue weighted by Gasteiger charge is -2.51. The third kappa shape index (κ3) is 3.04. The van der Waals surface area contributed by atoms with Crippen LogP contribution in [0, 0.1) is 34.5 Å². The second-order valence-electron chi connectivity index (χ2n) is 11.2. The predicted octanol–water partition coefficient (Wildman–Crippen LogP) is 2.14. The Kier molecular flexibility index (Phi) is 5.81. The van der Waals surface area contributed by atoms with Gasteiger partial charge in [0.15, 0.2) is 0 Å². The summed E-state index contributed by atoms with van der Waals surface area (Å²) in [6.45, 7) is 10.4. The molecule has 4 aliphatic carbocycles. The number of hydrogen-bond donors (Lipinski definition) is 5. The van der Waals surface area contributed by atoms with E-state index in [9.17, 15) is 25.2 Å². The molecule has 0 aromatic carbocycles. The van der Waals surface area contributed by atoms with E-state index in [1.165, 1.54) is 0 Å². The van der Waals surface area contributed by atoms with Crippen LogP contribution in [0.4, 0.5) is 4.79 Å². The highest BCUT2D eigenvalue weighted by Gasteiger charge is 2.75. The Morgan fingerprint density at radius 2 is 1.94 bits per heavy atom. The van der Waals surface area contributed by atoms with Gasteiger partial charge in [0, 0.05) is 12.5 Å². The number of alkyl carbamates (subject to hydrolysis) is 1. The number of amides is 1. The Labute approximate surface area is 190 Å². The highest BCUT2D eigenvalue weighted by Crippen LogP contribution is 2.72. The van der Waals surface area contributed by atoms with Crippen LogP contribution in [0.25, 0.3) is 0 Å². The molecule has 0 radical (unpaired) electrons. The Morgan fingerprint density at radius 1 is 1.25 bits per heavy atom. The van der Waals surface area contributed by atoms with Crippen molar-refractivity contribution in [3.8, 4) is 0 Å². The summed E-state index contributed by atoms with van der Waals surface area (Å²) < 4.78 is 5.38. The average Bonchev–Trinajstić information content (AvgIpc) is 3.24. The van der Waals surface area contributed by atoms with Crippen LogP contribution in [0.3, 0.4) is 0 Å². The number of carbonyl (C=O) groups excluding carboxylic acids is 1. The molecule has 4 aliphatic rings. The first-order valence-corrected chi connectivity index (χ1v) is 12.0. The molecule has 1 unspecified atom stereocenters. The van der Waals surface area contributed by atoms with Crippen molar-refractivity contribution in [2.75, 3.05) is 13.2 Å². The zero-order valence-electron chi connectivity index (χ0n) is 19.8. The Balaban J connectivity index is 1.72. The van der Waals surface area contributed by atoms with E-state index >= 15 is 0 Å². The fraction of sp³-hybridized carbons (Fsp3) is 0.800. The van der Waals surface area contributed by atoms with Crippen LogP contribution in [0.15, 0.2) is 23.3 Å². The third-order valence-electron chi connectivity index (χ3n) is 9.18. The number of unbranched alkanes of at least 4 members (excludes halogenated alkanes) is 1. The Hall–Kier alpha value is -1.41. The summed E-state index contributed by atoms with van der Waals surface area (Å²) >= 11 is 0. The number of nitrogens with one attached hydrogen (secondary N) is 1. The van der Waals surface area contributed by atoms with E-state index in [4.69, 9.17) is 4.74 Å². The van der Waals surface area contributed by atoms with Gasteiger partial charge in [0.2, 0.25) is 0 Å². The first kappa shape index (κ1) is 23.7. The van der Waals surface area contributed by atoms with E-state index in [2.05, 4.69) is 19.2 Å². The van der Waals surface area contributed by atoms with Crippen molar-refractivity contribution in [2.45, 2.75) is 77.8 Å². The van der Waals surface area contributed by atoms with Crippen LogP contribution in [0.1, 0.15) is 53.9 Å². The highest BCUT2D eigenvalue weighted by atomic mass is 16.5. The molecule has 7 heteroatoms. The van der Waals surface area contributed by atoms with Crippen molar-refractivity contribution >= 4 is 6.09 Å². The first-order valence-electron chi connectivity index (χ1n) is 12.0. The Bertz CT molecular complexity index is 836. The molecule has 0 heterocycles. The van der Waals surface area contributed by atoms with Crippen LogP contribution < -0.4 is 5.32 Å². The lowest BCUT2D eigenvalue weighted by molar-refractivity contribution is -0.215. The molecule has 32 heavy (non-hydrogen) atoms. The summed E-state index contributed by atoms with van der Waals surface area (Å²) in [7, 11) is 0. The molecule has 7 nitrogen and oxygen atoms in total. The van der Waals surface area contributed by atoms with Gasteiger partial charge in [-0.2, -0.15) is 0 Å². The van der Waals surface area contributed by atoms with E-state index in [1.807, 2.05) is 19.9 Å². The van der Waals surface area contributed by atoms with Gasteiger partial charge in [0.05, 0.1) is 11.5 Å². The van der Waals surface area contributed by atoms with Crippen LogP contribution in [0.2, 0.25) is 0 Å². The second kappa shape index (κ2) is 7.83. The largest absolute Gasteiger partial charge is 0.445 e. The van der Waals surface area contributed by atoms with Gasteiger partial charge in [0.25, 0.3) is 0 Å². The van der Waals surface area contributed by atoms with E-state index in [1.54, 1.807) is 13.0 Å². The van der Waals surface area contributed by atoms with Gasteiger partial charge < -0.3 is 30.5 Å². The molecule has 0 aromatic rings. The summed E-state index contributed by atoms with van der Waals surface area (Å²) in [4.78, 5) is 12.1. The summed E-state index contributed by atoms with van der Waals surface area (Å²) in [6, 6.07) is 0. The quantitative estimate of drug-likeness (QED) is 0.324. The fourth-order valence-electron chi connectivity index (χ4n) is 7.29. The molecule has 2 bridgehead atoms. The molecular weight excluding hydrogens is 410 g/mol. The standard InChI is InChI=1S/C25H39NO6/c1-6-7-8-26-22(30)32-12-15-10-16-18-17(23(18,4)5)9-14(3)24(21(16)29)11-13(2)19(27)25(24,31)20(15)28/h10-11,14,16-21,27-29,31H,6-9,12H2,1-5H3,(H,26,30)/t14-,16+,17-,18+,19+,20-,21?,24+,25-/m1/s1. The maximum atomic E-state index is 12.1. The molecule has 0 aromatic heterocycles. The smallest absolute Gasteiger partial charge is 0.407 e. The molecule has 5 N–H and O–H groups in total. The highest BCUT2D eigenvalue weighted by molar-refractivity contribution is 5.67. The Morgan fingerprint density at radius 3 is 2.59 bits per heavy atom. The number of carbonyl (C=O) groups is 1. The van der Waals surface area contributed by atoms with E-state index < -0.39 is 35.4 Å². The number of aliphatic hydroxyl groups excluding tert-OH is 3. The van der Waals surface area contributed by atoms with Crippen LogP contribution in [0.5, 0.6) is 0 Å². The van der Waals surface area contributed by atoms with Crippen molar-refractivity contribution in [2.24, 2.45) is 34.5 Å². The van der Waals surface area contributed by atoms with E-state index in [-0.39, 0.29) is 29.8 Å². The number of fused-ring (bicyclic) bond motifs is 3. The molecule has 9 atom stereocenters. The average molecular weight is 450 g/mol. The van der Waals surface area contributed by atoms with Crippen molar-refractivity contribution in [1.29, 1.82) is 0 Å². The van der Waals surface area contributed by atoms with Gasteiger partial charge in [-0.15, -0.1) is 0 Å². The lowest BCUT2D eigenvalue weighted by Crippen LogP contribution is -2.66. The van der Waals surface area contributed by atoms with Crippen molar-refractivity contribution < 1.29 is 30.0 Å². The summed E-state index contributed by atoms with van der Waals surface area (Å²) in [5, 5.41) is 49.0. The number of aliphatic hydroxyl groups is 4. The number of rotatable bonds is 5. The van der Waals surface area contributed by atoms with Gasteiger partial charge in [-0.25, -0.2) is 4.79 Å². The lowest BCUT2D eigenvalue weighted by atomic mass is 9.58. The molecule has 2 saturated carbocycles. The normalized spacial score (nSPS) is 46.1. The van der Waals surface area contributed by atoms with Gasteiger partial charge >= 0.3 is 6.09 Å². The van der Waals surface area contributed by atoms with Crippen LogP contribution in [-0.4, -0.2) is 63.6 Å². The SMILES string of the molecule is CCCCNC(=O)OCC1=C[C@@H]2C(O)[C@]3(C=C(C)[C@H](O)[C@@]3(O)[C@@H]1O)[C@H](C)C[C@@H]1[C@H]2C1(C)C.